The molecule has 24 heavy (non-hydrogen) atoms. The van der Waals surface area contributed by atoms with Crippen molar-refractivity contribution < 1.29 is 24.6 Å². The van der Waals surface area contributed by atoms with Crippen LogP contribution in [0.4, 0.5) is 0 Å². The van der Waals surface area contributed by atoms with Gasteiger partial charge >= 0.3 is 7.60 Å². The highest BCUT2D eigenvalue weighted by molar-refractivity contribution is 7.53. The number of aromatic hydroxyl groups is 1. The highest BCUT2D eigenvalue weighted by Crippen LogP contribution is 2.72. The van der Waals surface area contributed by atoms with Gasteiger partial charge in [0.2, 0.25) is 0 Å². The van der Waals surface area contributed by atoms with Gasteiger partial charge in [-0.2, -0.15) is 0 Å². The smallest absolute Gasteiger partial charge is 0.357 e. The lowest BCUT2D eigenvalue weighted by Gasteiger charge is -2.53. The van der Waals surface area contributed by atoms with Gasteiger partial charge in [-0.25, -0.2) is 0 Å². The molecule has 3 aliphatic carbocycles. The molecular weight excluding hydrogens is 327 g/mol. The molecule has 2 saturated carbocycles. The van der Waals surface area contributed by atoms with Gasteiger partial charge in [0.15, 0.2) is 5.34 Å². The third-order valence-corrected chi connectivity index (χ3v) is 9.00. The van der Waals surface area contributed by atoms with Crippen LogP contribution in [0.1, 0.15) is 56.1 Å². The van der Waals surface area contributed by atoms with Crippen LogP contribution >= 0.6 is 7.60 Å². The van der Waals surface area contributed by atoms with Gasteiger partial charge in [-0.3, -0.25) is 4.57 Å². The molecule has 0 saturated heterocycles. The van der Waals surface area contributed by atoms with E-state index in [4.69, 9.17) is 0 Å². The normalized spacial score (nSPS) is 41.4. The number of rotatable bonds is 1. The molecule has 1 aromatic rings. The maximum Gasteiger partial charge on any atom is 0.357 e. The SMILES string of the molecule is C[C@]12CC[C@@H]3c4ccc(O)cc4CC[C@H]3[C@@H]1CC[C@]2(O)P(=O)(O)O. The van der Waals surface area contributed by atoms with Gasteiger partial charge in [0.25, 0.3) is 0 Å². The number of hydrogen-bond acceptors (Lipinski definition) is 3. The van der Waals surface area contributed by atoms with Crippen molar-refractivity contribution in [3.63, 3.8) is 0 Å². The van der Waals surface area contributed by atoms with Crippen LogP contribution in [-0.2, 0) is 11.0 Å². The molecule has 2 fully saturated rings. The second-order valence-corrected chi connectivity index (χ2v) is 9.98. The standard InChI is InChI=1S/C18H25O5P/c1-17-8-6-14-13-5-3-12(19)10-11(13)2-4-15(14)16(17)7-9-18(17,20)24(21,22)23/h3,5,10,14-16,19-20H,2,4,6-9H2,1H3,(H2,21,22,23)/t14-,15-,16+,17+,18+/m1/s1. The monoisotopic (exact) mass is 352 g/mol. The third-order valence-electron chi connectivity index (χ3n) is 7.30. The van der Waals surface area contributed by atoms with Crippen molar-refractivity contribution in [2.45, 2.75) is 56.7 Å². The van der Waals surface area contributed by atoms with Crippen LogP contribution in [0.15, 0.2) is 18.2 Å². The lowest BCUT2D eigenvalue weighted by atomic mass is 9.55. The molecule has 0 heterocycles. The average Bonchev–Trinajstić information content (AvgIpc) is 2.79. The van der Waals surface area contributed by atoms with Crippen LogP contribution in [-0.4, -0.2) is 25.3 Å². The van der Waals surface area contributed by atoms with Crippen molar-refractivity contribution in [3.05, 3.63) is 29.3 Å². The highest BCUT2D eigenvalue weighted by Gasteiger charge is 2.68. The van der Waals surface area contributed by atoms with E-state index in [1.54, 1.807) is 6.07 Å². The number of phenolic OH excluding ortho intramolecular Hbond substituents is 1. The lowest BCUT2D eigenvalue weighted by molar-refractivity contribution is -0.0624. The van der Waals surface area contributed by atoms with Crippen LogP contribution in [0.5, 0.6) is 5.75 Å². The molecule has 4 rings (SSSR count). The summed E-state index contributed by atoms with van der Waals surface area (Å²) in [5.74, 6) is 1.15. The Kier molecular flexibility index (Phi) is 3.51. The summed E-state index contributed by atoms with van der Waals surface area (Å²) in [4.78, 5) is 19.6. The molecule has 0 bridgehead atoms. The first-order valence-electron chi connectivity index (χ1n) is 8.77. The average molecular weight is 352 g/mol. The summed E-state index contributed by atoms with van der Waals surface area (Å²) < 4.78 is 12.0. The van der Waals surface area contributed by atoms with E-state index in [1.165, 1.54) is 11.1 Å². The van der Waals surface area contributed by atoms with E-state index in [1.807, 2.05) is 19.1 Å². The first kappa shape index (κ1) is 16.6. The first-order valence-corrected chi connectivity index (χ1v) is 10.4. The molecule has 0 amide bonds. The molecule has 6 heteroatoms. The summed E-state index contributed by atoms with van der Waals surface area (Å²) in [6, 6.07) is 5.59. The molecule has 1 aromatic carbocycles. The highest BCUT2D eigenvalue weighted by atomic mass is 31.2. The Bertz CT molecular complexity index is 728. The summed E-state index contributed by atoms with van der Waals surface area (Å²) >= 11 is 0. The number of aryl methyl sites for hydroxylation is 1. The minimum atomic E-state index is -4.58. The Labute approximate surface area is 141 Å². The molecule has 0 spiro atoms. The Morgan fingerprint density at radius 3 is 2.62 bits per heavy atom. The van der Waals surface area contributed by atoms with Gasteiger partial charge in [-0.15, -0.1) is 0 Å². The van der Waals surface area contributed by atoms with Crippen molar-refractivity contribution in [2.24, 2.45) is 17.3 Å². The number of fused-ring (bicyclic) bond motifs is 5. The van der Waals surface area contributed by atoms with Crippen LogP contribution in [0.25, 0.3) is 0 Å². The van der Waals surface area contributed by atoms with Crippen molar-refractivity contribution >= 4 is 7.60 Å². The minimum absolute atomic E-state index is 0.135. The zero-order valence-corrected chi connectivity index (χ0v) is 14.7. The zero-order chi connectivity index (χ0) is 17.3. The van der Waals surface area contributed by atoms with Crippen LogP contribution in [0.3, 0.4) is 0 Å². The van der Waals surface area contributed by atoms with Crippen molar-refractivity contribution in [3.8, 4) is 5.75 Å². The van der Waals surface area contributed by atoms with Gasteiger partial charge in [0.1, 0.15) is 5.75 Å². The molecule has 0 radical (unpaired) electrons. The number of phenols is 1. The number of benzene rings is 1. The Morgan fingerprint density at radius 1 is 1.17 bits per heavy atom. The fourth-order valence-electron chi connectivity index (χ4n) is 6.04. The fraction of sp³-hybridized carbons (Fsp3) is 0.667. The molecule has 3 aliphatic rings. The van der Waals surface area contributed by atoms with Gasteiger partial charge in [0, 0.05) is 5.41 Å². The van der Waals surface area contributed by atoms with E-state index in [0.29, 0.717) is 30.4 Å². The fourth-order valence-corrected chi connectivity index (χ4v) is 7.40. The molecule has 5 atom stereocenters. The van der Waals surface area contributed by atoms with E-state index in [-0.39, 0.29) is 12.3 Å². The molecule has 5 nitrogen and oxygen atoms in total. The Morgan fingerprint density at radius 2 is 1.92 bits per heavy atom. The topological polar surface area (TPSA) is 98.0 Å². The first-order chi connectivity index (χ1) is 11.2. The van der Waals surface area contributed by atoms with Gasteiger partial charge < -0.3 is 20.0 Å². The largest absolute Gasteiger partial charge is 0.508 e. The third kappa shape index (κ3) is 2.02. The number of hydrogen-bond donors (Lipinski definition) is 4. The maximum absolute atomic E-state index is 12.0. The van der Waals surface area contributed by atoms with Crippen molar-refractivity contribution in [2.75, 3.05) is 0 Å². The second kappa shape index (κ2) is 5.07. The van der Waals surface area contributed by atoms with Crippen molar-refractivity contribution in [1.29, 1.82) is 0 Å². The summed E-state index contributed by atoms with van der Waals surface area (Å²) in [5, 5.41) is 18.7. The van der Waals surface area contributed by atoms with E-state index < -0.39 is 18.4 Å². The zero-order valence-electron chi connectivity index (χ0n) is 13.9. The molecule has 0 aliphatic heterocycles. The quantitative estimate of drug-likeness (QED) is 0.582. The minimum Gasteiger partial charge on any atom is -0.508 e. The Balaban J connectivity index is 1.72. The van der Waals surface area contributed by atoms with E-state index in [0.717, 1.165) is 19.3 Å². The van der Waals surface area contributed by atoms with Gasteiger partial charge in [-0.05, 0) is 79.5 Å². The summed E-state index contributed by atoms with van der Waals surface area (Å²) in [5.41, 5.74) is 1.75. The summed E-state index contributed by atoms with van der Waals surface area (Å²) in [6.45, 7) is 1.88. The molecule has 0 aromatic heterocycles. The van der Waals surface area contributed by atoms with Crippen LogP contribution < -0.4 is 0 Å². The maximum atomic E-state index is 12.0. The second-order valence-electron chi connectivity index (χ2n) is 8.15. The molecular formula is C18H25O5P. The Hall–Kier alpha value is -0.870. The summed E-state index contributed by atoms with van der Waals surface area (Å²) in [7, 11) is -4.58. The van der Waals surface area contributed by atoms with Gasteiger partial charge in [0.05, 0.1) is 0 Å². The van der Waals surface area contributed by atoms with Crippen LogP contribution in [0.2, 0.25) is 0 Å². The van der Waals surface area contributed by atoms with Crippen LogP contribution in [0, 0.1) is 17.3 Å². The van der Waals surface area contributed by atoms with Crippen molar-refractivity contribution in [1.82, 2.24) is 0 Å². The number of aliphatic hydroxyl groups is 1. The van der Waals surface area contributed by atoms with E-state index in [9.17, 15) is 24.6 Å². The predicted molar refractivity (Wildman–Crippen MR) is 89.7 cm³/mol. The summed E-state index contributed by atoms with van der Waals surface area (Å²) in [6.07, 6.45) is 4.15. The molecule has 132 valence electrons. The predicted octanol–water partition coefficient (Wildman–Crippen LogP) is 3.11. The van der Waals surface area contributed by atoms with E-state index >= 15 is 0 Å². The molecule has 4 N–H and O–H groups in total. The van der Waals surface area contributed by atoms with E-state index in [2.05, 4.69) is 0 Å². The van der Waals surface area contributed by atoms with Gasteiger partial charge in [-0.1, -0.05) is 13.0 Å². The molecule has 0 unspecified atom stereocenters. The lowest BCUT2D eigenvalue weighted by Crippen LogP contribution is -2.50.